The molecule has 0 atom stereocenters. The minimum atomic E-state index is -3.23. The van der Waals surface area contributed by atoms with Crippen molar-refractivity contribution < 1.29 is 8.42 Å². The van der Waals surface area contributed by atoms with E-state index in [0.717, 1.165) is 11.4 Å². The van der Waals surface area contributed by atoms with Crippen LogP contribution in [0.25, 0.3) is 0 Å². The van der Waals surface area contributed by atoms with Crippen molar-refractivity contribution >= 4 is 21.2 Å². The Bertz CT molecular complexity index is 785. The third-order valence-electron chi connectivity index (χ3n) is 3.87. The average molecular weight is 302 g/mol. The van der Waals surface area contributed by atoms with Crippen LogP contribution in [0, 0.1) is 0 Å². The molecule has 1 heterocycles. The van der Waals surface area contributed by atoms with Gasteiger partial charge in [0.25, 0.3) is 0 Å². The van der Waals surface area contributed by atoms with Gasteiger partial charge in [0.1, 0.15) is 0 Å². The fourth-order valence-electron chi connectivity index (χ4n) is 2.72. The summed E-state index contributed by atoms with van der Waals surface area (Å²) in [5.41, 5.74) is 9.70. The summed E-state index contributed by atoms with van der Waals surface area (Å²) in [5.74, 6) is 0.109. The van der Waals surface area contributed by atoms with Crippen LogP contribution in [-0.2, 0) is 22.9 Å². The normalized spacial score (nSPS) is 14.2. The average Bonchev–Trinajstić information content (AvgIpc) is 2.90. The highest BCUT2D eigenvalue weighted by molar-refractivity contribution is 7.91. The van der Waals surface area contributed by atoms with Gasteiger partial charge < -0.3 is 10.6 Å². The highest BCUT2D eigenvalue weighted by atomic mass is 32.2. The fourth-order valence-corrected chi connectivity index (χ4v) is 3.83. The van der Waals surface area contributed by atoms with Crippen LogP contribution in [0.2, 0.25) is 0 Å². The molecule has 4 nitrogen and oxygen atoms in total. The summed E-state index contributed by atoms with van der Waals surface area (Å²) in [5, 5.41) is 0. The quantitative estimate of drug-likeness (QED) is 0.885. The van der Waals surface area contributed by atoms with Gasteiger partial charge in [0, 0.05) is 18.8 Å². The second-order valence-corrected chi connectivity index (χ2v) is 7.50. The maximum Gasteiger partial charge on any atom is 0.180 e. The molecule has 1 aliphatic rings. The van der Waals surface area contributed by atoms with E-state index in [4.69, 9.17) is 5.73 Å². The summed E-state index contributed by atoms with van der Waals surface area (Å²) in [6, 6.07) is 13.1. The molecule has 110 valence electrons. The fraction of sp³-hybridized carbons (Fsp3) is 0.250. The van der Waals surface area contributed by atoms with Crippen LogP contribution < -0.4 is 10.6 Å². The summed E-state index contributed by atoms with van der Waals surface area (Å²) >= 11 is 0. The molecule has 0 fully saturated rings. The highest BCUT2D eigenvalue weighted by Crippen LogP contribution is 2.33. The zero-order valence-electron chi connectivity index (χ0n) is 11.9. The van der Waals surface area contributed by atoms with Crippen molar-refractivity contribution in [1.82, 2.24) is 0 Å². The molecule has 0 saturated heterocycles. The van der Waals surface area contributed by atoms with Crippen LogP contribution >= 0.6 is 0 Å². The number of hydrogen-bond donors (Lipinski definition) is 1. The Kier molecular flexibility index (Phi) is 3.37. The van der Waals surface area contributed by atoms with Gasteiger partial charge in [-0.05, 0) is 35.4 Å². The van der Waals surface area contributed by atoms with Crippen LogP contribution in [0.1, 0.15) is 18.1 Å². The van der Waals surface area contributed by atoms with E-state index in [-0.39, 0.29) is 5.75 Å². The number of anilines is 2. The van der Waals surface area contributed by atoms with Crippen molar-refractivity contribution in [2.75, 3.05) is 16.4 Å². The number of nitrogens with two attached hydrogens (primary N) is 1. The van der Waals surface area contributed by atoms with Crippen LogP contribution in [0.4, 0.5) is 11.4 Å². The second-order valence-electron chi connectivity index (χ2n) is 5.26. The zero-order chi connectivity index (χ0) is 15.0. The summed E-state index contributed by atoms with van der Waals surface area (Å²) in [4.78, 5) is 2.50. The Hall–Kier alpha value is -2.01. The first kappa shape index (κ1) is 13.9. The van der Waals surface area contributed by atoms with E-state index in [1.165, 1.54) is 11.1 Å². The highest BCUT2D eigenvalue weighted by Gasteiger charge is 2.25. The van der Waals surface area contributed by atoms with E-state index >= 15 is 0 Å². The van der Waals surface area contributed by atoms with Crippen molar-refractivity contribution in [3.05, 3.63) is 53.6 Å². The molecule has 0 amide bonds. The summed E-state index contributed by atoms with van der Waals surface area (Å²) < 4.78 is 24.5. The standard InChI is InChI=1S/C16H18N2O2S/c1-2-21(19,20)16-6-4-3-5-15(16)18-10-12-7-8-14(17)9-13(12)11-18/h3-9H,2,10-11,17H2,1H3. The molecule has 0 unspecified atom stereocenters. The molecule has 0 radical (unpaired) electrons. The molecule has 0 spiro atoms. The number of rotatable bonds is 3. The van der Waals surface area contributed by atoms with Gasteiger partial charge in [0.2, 0.25) is 0 Å². The molecule has 0 saturated carbocycles. The van der Waals surface area contributed by atoms with Crippen molar-refractivity contribution in [3.8, 4) is 0 Å². The molecule has 2 aromatic rings. The first-order valence-electron chi connectivity index (χ1n) is 6.95. The molecule has 0 aliphatic carbocycles. The monoisotopic (exact) mass is 302 g/mol. The van der Waals surface area contributed by atoms with Gasteiger partial charge in [-0.25, -0.2) is 8.42 Å². The number of hydrogen-bond acceptors (Lipinski definition) is 4. The van der Waals surface area contributed by atoms with E-state index in [1.807, 2.05) is 30.3 Å². The first-order valence-corrected chi connectivity index (χ1v) is 8.60. The largest absolute Gasteiger partial charge is 0.399 e. The SMILES string of the molecule is CCS(=O)(=O)c1ccccc1N1Cc2ccc(N)cc2C1. The van der Waals surface area contributed by atoms with Gasteiger partial charge in [-0.3, -0.25) is 0 Å². The van der Waals surface area contributed by atoms with E-state index in [1.54, 1.807) is 19.1 Å². The zero-order valence-corrected chi connectivity index (χ0v) is 12.7. The van der Waals surface area contributed by atoms with Crippen molar-refractivity contribution in [1.29, 1.82) is 0 Å². The molecule has 2 aromatic carbocycles. The van der Waals surface area contributed by atoms with Crippen LogP contribution in [0.3, 0.4) is 0 Å². The molecule has 3 rings (SSSR count). The van der Waals surface area contributed by atoms with Gasteiger partial charge in [-0.1, -0.05) is 25.1 Å². The van der Waals surface area contributed by atoms with E-state index in [9.17, 15) is 8.42 Å². The van der Waals surface area contributed by atoms with Gasteiger partial charge in [0.05, 0.1) is 16.3 Å². The number of benzene rings is 2. The van der Waals surface area contributed by atoms with Gasteiger partial charge >= 0.3 is 0 Å². The Morgan fingerprint density at radius 2 is 1.81 bits per heavy atom. The predicted molar refractivity (Wildman–Crippen MR) is 84.9 cm³/mol. The molecule has 21 heavy (non-hydrogen) atoms. The third-order valence-corrected chi connectivity index (χ3v) is 5.65. The van der Waals surface area contributed by atoms with E-state index < -0.39 is 9.84 Å². The van der Waals surface area contributed by atoms with Crippen molar-refractivity contribution in [2.24, 2.45) is 0 Å². The molecule has 1 aliphatic heterocycles. The summed E-state index contributed by atoms with van der Waals surface area (Å²) in [7, 11) is -3.23. The number of nitrogen functional groups attached to an aromatic ring is 1. The Morgan fingerprint density at radius 1 is 1.10 bits per heavy atom. The van der Waals surface area contributed by atoms with Gasteiger partial charge in [-0.2, -0.15) is 0 Å². The number of sulfone groups is 1. The lowest BCUT2D eigenvalue weighted by Crippen LogP contribution is -2.18. The Morgan fingerprint density at radius 3 is 2.57 bits per heavy atom. The van der Waals surface area contributed by atoms with Crippen molar-refractivity contribution in [3.63, 3.8) is 0 Å². The van der Waals surface area contributed by atoms with Gasteiger partial charge in [0.15, 0.2) is 9.84 Å². The smallest absolute Gasteiger partial charge is 0.180 e. The molecule has 0 aromatic heterocycles. The number of fused-ring (bicyclic) bond motifs is 1. The lowest BCUT2D eigenvalue weighted by molar-refractivity contribution is 0.597. The first-order chi connectivity index (χ1) is 10.0. The molecule has 2 N–H and O–H groups in total. The maximum absolute atomic E-state index is 12.3. The summed E-state index contributed by atoms with van der Waals surface area (Å²) in [6.45, 7) is 3.08. The summed E-state index contributed by atoms with van der Waals surface area (Å²) in [6.07, 6.45) is 0. The minimum Gasteiger partial charge on any atom is -0.399 e. The molecule has 5 heteroatoms. The third kappa shape index (κ3) is 2.49. The minimum absolute atomic E-state index is 0.109. The topological polar surface area (TPSA) is 63.4 Å². The molecule has 0 bridgehead atoms. The maximum atomic E-state index is 12.3. The number of para-hydroxylation sites is 1. The van der Waals surface area contributed by atoms with Gasteiger partial charge in [-0.15, -0.1) is 0 Å². The van der Waals surface area contributed by atoms with Crippen LogP contribution in [0.15, 0.2) is 47.4 Å². The van der Waals surface area contributed by atoms with Crippen LogP contribution in [0.5, 0.6) is 0 Å². The Labute approximate surface area is 125 Å². The van der Waals surface area contributed by atoms with Crippen molar-refractivity contribution in [2.45, 2.75) is 24.9 Å². The lowest BCUT2D eigenvalue weighted by atomic mass is 10.1. The molecular formula is C16H18N2O2S. The Balaban J connectivity index is 2.01. The van der Waals surface area contributed by atoms with E-state index in [2.05, 4.69) is 4.90 Å². The predicted octanol–water partition coefficient (Wildman–Crippen LogP) is 2.58. The second kappa shape index (κ2) is 5.07. The number of nitrogens with zero attached hydrogens (tertiary/aromatic N) is 1. The lowest BCUT2D eigenvalue weighted by Gasteiger charge is -2.21. The van der Waals surface area contributed by atoms with Crippen LogP contribution in [-0.4, -0.2) is 14.2 Å². The molecular weight excluding hydrogens is 284 g/mol. The van der Waals surface area contributed by atoms with E-state index in [0.29, 0.717) is 18.0 Å².